The molecule has 0 atom stereocenters. The number of hydrogen-bond donors (Lipinski definition) is 2. The van der Waals surface area contributed by atoms with Crippen LogP contribution in [0.15, 0.2) is 36.4 Å². The molecule has 2 rings (SSSR count). The maximum absolute atomic E-state index is 12.0. The lowest BCUT2D eigenvalue weighted by Gasteiger charge is -2.09. The van der Waals surface area contributed by atoms with Gasteiger partial charge in [0.1, 0.15) is 0 Å². The van der Waals surface area contributed by atoms with E-state index in [1.54, 1.807) is 12.1 Å². The van der Waals surface area contributed by atoms with Gasteiger partial charge in [-0.2, -0.15) is 0 Å². The first-order chi connectivity index (χ1) is 8.97. The topological polar surface area (TPSA) is 49.3 Å². The predicted octanol–water partition coefficient (Wildman–Crippen LogP) is 4.56. The maximum Gasteiger partial charge on any atom is 0.255 e. The lowest BCUT2D eigenvalue weighted by Crippen LogP contribution is -2.12. The summed E-state index contributed by atoms with van der Waals surface area (Å²) in [5, 5.41) is 12.7. The molecule has 0 unspecified atom stereocenters. The molecule has 6 heteroatoms. The van der Waals surface area contributed by atoms with Gasteiger partial charge in [0.2, 0.25) is 0 Å². The summed E-state index contributed by atoms with van der Waals surface area (Å²) in [6.45, 7) is 0. The van der Waals surface area contributed by atoms with Crippen molar-refractivity contribution < 1.29 is 9.90 Å². The Kier molecular flexibility index (Phi) is 4.54. The maximum atomic E-state index is 12.0. The minimum absolute atomic E-state index is 0.0883. The zero-order valence-corrected chi connectivity index (χ0v) is 13.1. The molecule has 0 aliphatic rings. The van der Waals surface area contributed by atoms with Gasteiger partial charge in [-0.3, -0.25) is 4.79 Å². The highest BCUT2D eigenvalue weighted by Gasteiger charge is 2.12. The lowest BCUT2D eigenvalue weighted by molar-refractivity contribution is 0.102. The summed E-state index contributed by atoms with van der Waals surface area (Å²) < 4.78 is 1.03. The fourth-order valence-electron chi connectivity index (χ4n) is 1.46. The van der Waals surface area contributed by atoms with Crippen LogP contribution in [-0.2, 0) is 0 Å². The molecule has 0 heterocycles. The molecule has 3 nitrogen and oxygen atoms in total. The summed E-state index contributed by atoms with van der Waals surface area (Å²) in [4.78, 5) is 12.0. The van der Waals surface area contributed by atoms with Crippen LogP contribution >= 0.6 is 45.8 Å². The average molecular weight is 408 g/mol. The molecular weight excluding hydrogens is 400 g/mol. The molecule has 98 valence electrons. The number of anilines is 1. The van der Waals surface area contributed by atoms with Crippen LogP contribution in [0.3, 0.4) is 0 Å². The number of rotatable bonds is 2. The van der Waals surface area contributed by atoms with Crippen LogP contribution in [0, 0.1) is 3.57 Å². The van der Waals surface area contributed by atoms with E-state index in [-0.39, 0.29) is 22.4 Å². The molecule has 0 saturated heterocycles. The van der Waals surface area contributed by atoms with E-state index in [2.05, 4.69) is 27.9 Å². The molecule has 0 spiro atoms. The zero-order valence-electron chi connectivity index (χ0n) is 9.45. The number of phenols is 1. The van der Waals surface area contributed by atoms with Gasteiger partial charge in [0.05, 0.1) is 10.7 Å². The highest BCUT2D eigenvalue weighted by Crippen LogP contribution is 2.35. The fraction of sp³-hybridized carbons (Fsp3) is 0. The van der Waals surface area contributed by atoms with Gasteiger partial charge in [-0.15, -0.1) is 0 Å². The van der Waals surface area contributed by atoms with Gasteiger partial charge >= 0.3 is 0 Å². The van der Waals surface area contributed by atoms with Crippen LogP contribution in [0.1, 0.15) is 10.4 Å². The van der Waals surface area contributed by atoms with Crippen molar-refractivity contribution >= 4 is 57.4 Å². The number of aromatic hydroxyl groups is 1. The molecule has 0 radical (unpaired) electrons. The number of hydrogen-bond acceptors (Lipinski definition) is 2. The fourth-order valence-corrected chi connectivity index (χ4v) is 2.31. The number of halogens is 3. The smallest absolute Gasteiger partial charge is 0.255 e. The number of nitrogens with one attached hydrogen (secondary N) is 1. The van der Waals surface area contributed by atoms with E-state index in [4.69, 9.17) is 23.2 Å². The number of benzene rings is 2. The largest absolute Gasteiger partial charge is 0.504 e. The Labute approximate surface area is 133 Å². The molecule has 2 aromatic carbocycles. The SMILES string of the molecule is O=C(Nc1cc(Cl)cc(Cl)c1O)c1ccc(I)cc1. The first-order valence-electron chi connectivity index (χ1n) is 5.22. The Morgan fingerprint density at radius 2 is 1.79 bits per heavy atom. The quantitative estimate of drug-likeness (QED) is 0.566. The third-order valence-corrected chi connectivity index (χ3v) is 3.61. The van der Waals surface area contributed by atoms with E-state index in [1.807, 2.05) is 12.1 Å². The van der Waals surface area contributed by atoms with Gasteiger partial charge in [0, 0.05) is 14.2 Å². The molecule has 0 aliphatic carbocycles. The van der Waals surface area contributed by atoms with E-state index < -0.39 is 0 Å². The first kappa shape index (κ1) is 14.4. The number of carbonyl (C=O) groups is 1. The van der Waals surface area contributed by atoms with E-state index >= 15 is 0 Å². The lowest BCUT2D eigenvalue weighted by atomic mass is 10.2. The van der Waals surface area contributed by atoms with E-state index in [9.17, 15) is 9.90 Å². The number of carbonyl (C=O) groups excluding carboxylic acids is 1. The molecule has 0 bridgehead atoms. The van der Waals surface area contributed by atoms with Crippen molar-refractivity contribution in [3.8, 4) is 5.75 Å². The van der Waals surface area contributed by atoms with Gasteiger partial charge in [0.15, 0.2) is 5.75 Å². The Hall–Kier alpha value is -0.980. The van der Waals surface area contributed by atoms with Crippen molar-refractivity contribution in [3.63, 3.8) is 0 Å². The average Bonchev–Trinajstić information content (AvgIpc) is 2.36. The Bertz CT molecular complexity index is 629. The van der Waals surface area contributed by atoms with Gasteiger partial charge in [0.25, 0.3) is 5.91 Å². The van der Waals surface area contributed by atoms with Crippen LogP contribution in [0.2, 0.25) is 10.0 Å². The van der Waals surface area contributed by atoms with E-state index in [0.29, 0.717) is 10.6 Å². The summed E-state index contributed by atoms with van der Waals surface area (Å²) in [6.07, 6.45) is 0. The predicted molar refractivity (Wildman–Crippen MR) is 85.2 cm³/mol. The van der Waals surface area contributed by atoms with Crippen molar-refractivity contribution in [1.29, 1.82) is 0 Å². The molecular formula is C13H8Cl2INO2. The normalized spacial score (nSPS) is 10.3. The second-order valence-corrected chi connectivity index (χ2v) is 5.83. The van der Waals surface area contributed by atoms with E-state index in [1.165, 1.54) is 12.1 Å². The summed E-state index contributed by atoms with van der Waals surface area (Å²) in [5.74, 6) is -0.546. The molecule has 0 fully saturated rings. The summed E-state index contributed by atoms with van der Waals surface area (Å²) in [5.41, 5.74) is 0.664. The number of phenolic OH excluding ortho intramolecular Hbond substituents is 1. The minimum Gasteiger partial charge on any atom is -0.504 e. The zero-order chi connectivity index (χ0) is 14.0. The van der Waals surface area contributed by atoms with Crippen LogP contribution in [-0.4, -0.2) is 11.0 Å². The third kappa shape index (κ3) is 3.52. The van der Waals surface area contributed by atoms with Crippen LogP contribution in [0.5, 0.6) is 5.75 Å². The highest BCUT2D eigenvalue weighted by atomic mass is 127. The monoisotopic (exact) mass is 407 g/mol. The highest BCUT2D eigenvalue weighted by molar-refractivity contribution is 14.1. The van der Waals surface area contributed by atoms with Gasteiger partial charge in [-0.05, 0) is 59.0 Å². The van der Waals surface area contributed by atoms with Gasteiger partial charge < -0.3 is 10.4 Å². The summed E-state index contributed by atoms with van der Waals surface area (Å²) >= 11 is 13.8. The van der Waals surface area contributed by atoms with Crippen LogP contribution in [0.25, 0.3) is 0 Å². The molecule has 1 amide bonds. The standard InChI is InChI=1S/C13H8Cl2INO2/c14-8-5-10(15)12(18)11(6-8)17-13(19)7-1-3-9(16)4-2-7/h1-6,18H,(H,17,19). The van der Waals surface area contributed by atoms with E-state index in [0.717, 1.165) is 3.57 Å². The summed E-state index contributed by atoms with van der Waals surface area (Å²) in [7, 11) is 0. The second kappa shape index (κ2) is 5.98. The molecule has 0 aromatic heterocycles. The van der Waals surface area contributed by atoms with Crippen molar-refractivity contribution in [1.82, 2.24) is 0 Å². The van der Waals surface area contributed by atoms with Crippen LogP contribution in [0.4, 0.5) is 5.69 Å². The molecule has 2 N–H and O–H groups in total. The first-order valence-corrected chi connectivity index (χ1v) is 7.06. The Balaban J connectivity index is 2.26. The molecule has 2 aromatic rings. The van der Waals surface area contributed by atoms with Crippen molar-refractivity contribution in [2.24, 2.45) is 0 Å². The minimum atomic E-state index is -0.343. The van der Waals surface area contributed by atoms with Crippen molar-refractivity contribution in [3.05, 3.63) is 55.6 Å². The van der Waals surface area contributed by atoms with Crippen LogP contribution < -0.4 is 5.32 Å². The van der Waals surface area contributed by atoms with Crippen molar-refractivity contribution in [2.75, 3.05) is 5.32 Å². The molecule has 0 aliphatic heterocycles. The van der Waals surface area contributed by atoms with Crippen molar-refractivity contribution in [2.45, 2.75) is 0 Å². The van der Waals surface area contributed by atoms with Gasteiger partial charge in [-0.25, -0.2) is 0 Å². The summed E-state index contributed by atoms with van der Waals surface area (Å²) in [6, 6.07) is 9.87. The second-order valence-electron chi connectivity index (χ2n) is 3.74. The third-order valence-electron chi connectivity index (χ3n) is 2.38. The Morgan fingerprint density at radius 1 is 1.16 bits per heavy atom. The van der Waals surface area contributed by atoms with Gasteiger partial charge in [-0.1, -0.05) is 23.2 Å². The Morgan fingerprint density at radius 3 is 2.42 bits per heavy atom. The number of amides is 1. The molecule has 19 heavy (non-hydrogen) atoms. The molecule has 0 saturated carbocycles.